The van der Waals surface area contributed by atoms with E-state index in [1.54, 1.807) is 36.4 Å². The second-order valence-electron chi connectivity index (χ2n) is 8.14. The summed E-state index contributed by atoms with van der Waals surface area (Å²) in [6.07, 6.45) is 1.70. The Labute approximate surface area is 197 Å². The topological polar surface area (TPSA) is 103 Å². The molecule has 0 aliphatic carbocycles. The van der Waals surface area contributed by atoms with E-state index in [0.29, 0.717) is 17.2 Å². The second kappa shape index (κ2) is 9.79. The van der Waals surface area contributed by atoms with Gasteiger partial charge in [-0.25, -0.2) is 18.0 Å². The van der Waals surface area contributed by atoms with Crippen LogP contribution in [0.15, 0.2) is 80.8 Å². The predicted molar refractivity (Wildman–Crippen MR) is 130 cm³/mol. The van der Waals surface area contributed by atoms with Crippen molar-refractivity contribution < 1.29 is 22.4 Å². The first-order valence-electron chi connectivity index (χ1n) is 11.0. The van der Waals surface area contributed by atoms with Crippen LogP contribution in [0.1, 0.15) is 31.7 Å². The van der Waals surface area contributed by atoms with Crippen LogP contribution >= 0.6 is 0 Å². The zero-order chi connectivity index (χ0) is 24.3. The van der Waals surface area contributed by atoms with Crippen LogP contribution in [0.5, 0.6) is 5.75 Å². The van der Waals surface area contributed by atoms with Crippen molar-refractivity contribution in [2.24, 2.45) is 0 Å². The average molecular weight is 480 g/mol. The average Bonchev–Trinajstić information content (AvgIpc) is 2.82. The molecule has 3 aromatic carbocycles. The van der Waals surface area contributed by atoms with Gasteiger partial charge in [0.25, 0.3) is 0 Å². The zero-order valence-electron chi connectivity index (χ0n) is 18.9. The minimum Gasteiger partial charge on any atom is -0.425 e. The summed E-state index contributed by atoms with van der Waals surface area (Å²) < 4.78 is 39.1. The highest BCUT2D eigenvalue weighted by Crippen LogP contribution is 2.26. The van der Waals surface area contributed by atoms with Crippen LogP contribution in [0, 0.1) is 6.92 Å². The van der Waals surface area contributed by atoms with Crippen molar-refractivity contribution >= 4 is 37.7 Å². The minimum atomic E-state index is -3.92. The number of fused-ring (bicyclic) bond motifs is 3. The number of sulfonamides is 1. The molecule has 0 spiro atoms. The highest BCUT2D eigenvalue weighted by Gasteiger charge is 2.27. The lowest BCUT2D eigenvalue weighted by molar-refractivity contribution is -0.136. The minimum absolute atomic E-state index is 0.0757. The van der Waals surface area contributed by atoms with E-state index in [9.17, 15) is 18.0 Å². The number of nitrogens with one attached hydrogen (secondary N) is 1. The van der Waals surface area contributed by atoms with E-state index in [2.05, 4.69) is 4.72 Å². The van der Waals surface area contributed by atoms with Gasteiger partial charge in [0.1, 0.15) is 17.4 Å². The predicted octanol–water partition coefficient (Wildman–Crippen LogP) is 4.70. The van der Waals surface area contributed by atoms with E-state index in [-0.39, 0.29) is 22.6 Å². The lowest BCUT2D eigenvalue weighted by Gasteiger charge is -2.18. The molecule has 0 amide bonds. The number of carbonyl (C=O) groups excluding carboxylic acids is 1. The van der Waals surface area contributed by atoms with E-state index < -0.39 is 27.7 Å². The Balaban J connectivity index is 1.60. The Kier molecular flexibility index (Phi) is 6.81. The second-order valence-corrected chi connectivity index (χ2v) is 9.86. The summed E-state index contributed by atoms with van der Waals surface area (Å²) in [6.45, 7) is 3.81. The van der Waals surface area contributed by atoms with E-state index in [0.717, 1.165) is 17.4 Å². The Hall–Kier alpha value is -3.49. The number of unbranched alkanes of at least 4 members (excludes halogenated alkanes) is 1. The fourth-order valence-corrected chi connectivity index (χ4v) is 4.94. The summed E-state index contributed by atoms with van der Waals surface area (Å²) in [5, 5.41) is 1.90. The highest BCUT2D eigenvalue weighted by molar-refractivity contribution is 7.89. The molecule has 0 aliphatic rings. The molecule has 0 saturated carbocycles. The lowest BCUT2D eigenvalue weighted by Crippen LogP contribution is -2.42. The van der Waals surface area contributed by atoms with Crippen molar-refractivity contribution in [2.75, 3.05) is 0 Å². The molecule has 1 atom stereocenters. The Morgan fingerprint density at radius 3 is 2.41 bits per heavy atom. The highest BCUT2D eigenvalue weighted by atomic mass is 32.2. The van der Waals surface area contributed by atoms with Gasteiger partial charge >= 0.3 is 11.6 Å². The fourth-order valence-electron chi connectivity index (χ4n) is 3.72. The number of benzene rings is 3. The number of rotatable bonds is 8. The molecule has 1 heterocycles. The third-order valence-corrected chi connectivity index (χ3v) is 7.06. The molecule has 0 radical (unpaired) electrons. The monoisotopic (exact) mass is 479 g/mol. The largest absolute Gasteiger partial charge is 0.425 e. The van der Waals surface area contributed by atoms with Gasteiger partial charge in [0.2, 0.25) is 10.0 Å². The van der Waals surface area contributed by atoms with Crippen LogP contribution in [-0.4, -0.2) is 20.4 Å². The van der Waals surface area contributed by atoms with Crippen molar-refractivity contribution in [3.63, 3.8) is 0 Å². The molecule has 0 unspecified atom stereocenters. The number of aryl methyl sites for hydroxylation is 1. The van der Waals surface area contributed by atoms with Crippen molar-refractivity contribution in [3.8, 4) is 5.75 Å². The van der Waals surface area contributed by atoms with Crippen molar-refractivity contribution in [1.82, 2.24) is 4.72 Å². The van der Waals surface area contributed by atoms with Crippen molar-refractivity contribution in [3.05, 3.63) is 82.7 Å². The number of carbonyl (C=O) groups is 1. The van der Waals surface area contributed by atoms with Crippen LogP contribution in [0.25, 0.3) is 21.7 Å². The van der Waals surface area contributed by atoms with Crippen LogP contribution < -0.4 is 15.1 Å². The molecule has 0 fully saturated rings. The molecule has 1 aromatic heterocycles. The molecule has 176 valence electrons. The maximum absolute atomic E-state index is 13.0. The molecule has 7 nitrogen and oxygen atoms in total. The molecule has 0 bridgehead atoms. The van der Waals surface area contributed by atoms with Crippen LogP contribution in [-0.2, 0) is 14.8 Å². The van der Waals surface area contributed by atoms with Crippen molar-refractivity contribution in [2.45, 2.75) is 44.0 Å². The number of hydrogen-bond acceptors (Lipinski definition) is 6. The number of ether oxygens (including phenoxy) is 1. The summed E-state index contributed by atoms with van der Waals surface area (Å²) in [4.78, 5) is 25.3. The number of hydrogen-bond donors (Lipinski definition) is 1. The van der Waals surface area contributed by atoms with Crippen molar-refractivity contribution in [1.29, 1.82) is 0 Å². The first-order chi connectivity index (χ1) is 16.3. The molecule has 0 aliphatic heterocycles. The summed E-state index contributed by atoms with van der Waals surface area (Å²) in [6, 6.07) is 17.2. The number of esters is 1. The summed E-state index contributed by atoms with van der Waals surface area (Å²) >= 11 is 0. The summed E-state index contributed by atoms with van der Waals surface area (Å²) in [5.41, 5.74) is 0.717. The van der Waals surface area contributed by atoms with Crippen LogP contribution in [0.3, 0.4) is 0 Å². The van der Waals surface area contributed by atoms with Gasteiger partial charge in [-0.15, -0.1) is 0 Å². The van der Waals surface area contributed by atoms with Gasteiger partial charge in [0.15, 0.2) is 0 Å². The maximum atomic E-state index is 13.0. The summed E-state index contributed by atoms with van der Waals surface area (Å²) in [7, 11) is -3.92. The van der Waals surface area contributed by atoms with Gasteiger partial charge in [0, 0.05) is 11.5 Å². The Bertz CT molecular complexity index is 1510. The third kappa shape index (κ3) is 5.03. The molecule has 1 N–H and O–H groups in total. The normalized spacial score (nSPS) is 12.6. The van der Waals surface area contributed by atoms with Gasteiger partial charge in [0.05, 0.1) is 10.3 Å². The molecule has 4 rings (SSSR count). The molecule has 34 heavy (non-hydrogen) atoms. The lowest BCUT2D eigenvalue weighted by atomic mass is 10.1. The smallest absolute Gasteiger partial charge is 0.344 e. The van der Waals surface area contributed by atoms with Gasteiger partial charge < -0.3 is 9.15 Å². The zero-order valence-corrected chi connectivity index (χ0v) is 19.7. The quantitative estimate of drug-likeness (QED) is 0.170. The van der Waals surface area contributed by atoms with E-state index in [4.69, 9.17) is 9.15 Å². The van der Waals surface area contributed by atoms with E-state index in [1.165, 1.54) is 18.2 Å². The van der Waals surface area contributed by atoms with Crippen LogP contribution in [0.4, 0.5) is 0 Å². The molecular formula is C26H25NO6S. The molecule has 4 aromatic rings. The molecular weight excluding hydrogens is 454 g/mol. The molecule has 8 heteroatoms. The molecule has 0 saturated heterocycles. The fraction of sp³-hybridized carbons (Fsp3) is 0.231. The summed E-state index contributed by atoms with van der Waals surface area (Å²) in [5.74, 6) is -0.571. The Morgan fingerprint density at radius 2 is 1.71 bits per heavy atom. The van der Waals surface area contributed by atoms with Gasteiger partial charge in [-0.1, -0.05) is 55.7 Å². The van der Waals surface area contributed by atoms with Gasteiger partial charge in [-0.05, 0) is 49.1 Å². The maximum Gasteiger partial charge on any atom is 0.344 e. The first kappa shape index (κ1) is 23.7. The van der Waals surface area contributed by atoms with Gasteiger partial charge in [-0.3, -0.25) is 0 Å². The van der Waals surface area contributed by atoms with E-state index in [1.807, 2.05) is 26.0 Å². The SMILES string of the molecule is CCCC[C@@H](NS(=O)(=O)c1ccc(C)cc1)C(=O)Oc1ccc2c(c1)oc(=O)c1ccccc12. The first-order valence-corrected chi connectivity index (χ1v) is 12.5. The van der Waals surface area contributed by atoms with Crippen LogP contribution in [0.2, 0.25) is 0 Å². The standard InChI is InChI=1S/C26H25NO6S/c1-3-4-9-23(27-34(30,31)19-13-10-17(2)11-14-19)26(29)32-18-12-15-21-20-7-5-6-8-22(20)25(28)33-24(21)16-18/h5-8,10-16,23,27H,3-4,9H2,1-2H3/t23-/m1/s1. The Morgan fingerprint density at radius 1 is 1.00 bits per heavy atom. The van der Waals surface area contributed by atoms with E-state index >= 15 is 0 Å². The van der Waals surface area contributed by atoms with Gasteiger partial charge in [-0.2, -0.15) is 4.72 Å². The third-order valence-electron chi connectivity index (χ3n) is 5.57.